The second-order valence-electron chi connectivity index (χ2n) is 5.84. The predicted molar refractivity (Wildman–Crippen MR) is 81.8 cm³/mol. The number of nitro benzene ring substituents is 1. The molecule has 0 bridgehead atoms. The van der Waals surface area contributed by atoms with Crippen molar-refractivity contribution in [3.63, 3.8) is 0 Å². The summed E-state index contributed by atoms with van der Waals surface area (Å²) in [7, 11) is 0. The number of carbonyl (C=O) groups excluding carboxylic acids is 1. The van der Waals surface area contributed by atoms with Crippen molar-refractivity contribution >= 4 is 17.6 Å². The summed E-state index contributed by atoms with van der Waals surface area (Å²) in [5.74, 6) is -1.69. The van der Waals surface area contributed by atoms with Crippen LogP contribution >= 0.6 is 0 Å². The number of nitrogens with two attached hydrogens (primary N) is 1. The van der Waals surface area contributed by atoms with Crippen LogP contribution in [0.15, 0.2) is 18.2 Å². The summed E-state index contributed by atoms with van der Waals surface area (Å²) in [6.07, 6.45) is 1.66. The van der Waals surface area contributed by atoms with Crippen LogP contribution in [0.1, 0.15) is 35.7 Å². The SMILES string of the molecule is CC1CCCN(Cc2ccc(C(N)=O)cc2[N+](=O)[O-])C1C(=O)O. The lowest BCUT2D eigenvalue weighted by atomic mass is 9.90. The number of hydrogen-bond donors (Lipinski definition) is 2. The zero-order chi connectivity index (χ0) is 17.1. The van der Waals surface area contributed by atoms with Gasteiger partial charge in [0.25, 0.3) is 5.69 Å². The molecular formula is C15H19N3O5. The molecule has 0 saturated carbocycles. The number of benzene rings is 1. The standard InChI is InChI=1S/C15H19N3O5/c1-9-3-2-6-17(13(9)15(20)21)8-11-5-4-10(14(16)19)7-12(11)18(22)23/h4-5,7,9,13H,2-3,6,8H2,1H3,(H2,16,19)(H,20,21). The highest BCUT2D eigenvalue weighted by Crippen LogP contribution is 2.28. The van der Waals surface area contributed by atoms with E-state index in [1.54, 1.807) is 4.90 Å². The monoisotopic (exact) mass is 321 g/mol. The van der Waals surface area contributed by atoms with Crippen LogP contribution in [0.2, 0.25) is 0 Å². The molecule has 3 N–H and O–H groups in total. The lowest BCUT2D eigenvalue weighted by Crippen LogP contribution is -2.48. The number of carbonyl (C=O) groups is 2. The summed E-state index contributed by atoms with van der Waals surface area (Å²) >= 11 is 0. The first-order valence-electron chi connectivity index (χ1n) is 7.35. The molecule has 1 fully saturated rings. The Balaban J connectivity index is 2.32. The van der Waals surface area contributed by atoms with Crippen LogP contribution in [-0.4, -0.2) is 39.4 Å². The highest BCUT2D eigenvalue weighted by atomic mass is 16.6. The number of rotatable bonds is 5. The Morgan fingerprint density at radius 1 is 1.48 bits per heavy atom. The molecule has 8 nitrogen and oxygen atoms in total. The number of amides is 1. The minimum absolute atomic E-state index is 0.0230. The third-order valence-corrected chi connectivity index (χ3v) is 4.23. The molecule has 1 aromatic carbocycles. The normalized spacial score (nSPS) is 21.8. The summed E-state index contributed by atoms with van der Waals surface area (Å²) < 4.78 is 0. The van der Waals surface area contributed by atoms with Crippen LogP contribution in [0.3, 0.4) is 0 Å². The molecule has 2 rings (SSSR count). The fourth-order valence-corrected chi connectivity index (χ4v) is 3.09. The molecular weight excluding hydrogens is 302 g/mol. The van der Waals surface area contributed by atoms with E-state index in [0.29, 0.717) is 12.1 Å². The van der Waals surface area contributed by atoms with Gasteiger partial charge in [-0.15, -0.1) is 0 Å². The molecule has 1 saturated heterocycles. The molecule has 1 heterocycles. The van der Waals surface area contributed by atoms with Crippen molar-refractivity contribution in [3.05, 3.63) is 39.4 Å². The van der Waals surface area contributed by atoms with Gasteiger partial charge in [0, 0.05) is 23.7 Å². The van der Waals surface area contributed by atoms with E-state index in [2.05, 4.69) is 0 Å². The first-order chi connectivity index (χ1) is 10.8. The maximum absolute atomic E-state index is 11.5. The zero-order valence-corrected chi connectivity index (χ0v) is 12.8. The lowest BCUT2D eigenvalue weighted by Gasteiger charge is -2.37. The van der Waals surface area contributed by atoms with Crippen molar-refractivity contribution in [1.29, 1.82) is 0 Å². The van der Waals surface area contributed by atoms with E-state index in [9.17, 15) is 24.8 Å². The maximum atomic E-state index is 11.5. The number of piperidine rings is 1. The molecule has 0 spiro atoms. The van der Waals surface area contributed by atoms with Gasteiger partial charge in [0.15, 0.2) is 0 Å². The number of likely N-dealkylation sites (tertiary alicyclic amines) is 1. The Labute approximate surface area is 133 Å². The van der Waals surface area contributed by atoms with Gasteiger partial charge >= 0.3 is 5.97 Å². The molecule has 1 aromatic rings. The van der Waals surface area contributed by atoms with Gasteiger partial charge in [-0.2, -0.15) is 0 Å². The van der Waals surface area contributed by atoms with Crippen molar-refractivity contribution in [2.24, 2.45) is 11.7 Å². The van der Waals surface area contributed by atoms with Gasteiger partial charge in [0.1, 0.15) is 6.04 Å². The van der Waals surface area contributed by atoms with Crippen LogP contribution in [0, 0.1) is 16.0 Å². The highest BCUT2D eigenvalue weighted by molar-refractivity contribution is 5.93. The fraction of sp³-hybridized carbons (Fsp3) is 0.467. The molecule has 124 valence electrons. The lowest BCUT2D eigenvalue weighted by molar-refractivity contribution is -0.385. The minimum atomic E-state index is -0.923. The summed E-state index contributed by atoms with van der Waals surface area (Å²) in [6.45, 7) is 2.59. The smallest absolute Gasteiger partial charge is 0.321 e. The maximum Gasteiger partial charge on any atom is 0.321 e. The number of primary amides is 1. The largest absolute Gasteiger partial charge is 0.480 e. The van der Waals surface area contributed by atoms with Crippen LogP contribution in [0.25, 0.3) is 0 Å². The van der Waals surface area contributed by atoms with Crippen molar-refractivity contribution in [1.82, 2.24) is 4.90 Å². The van der Waals surface area contributed by atoms with Crippen LogP contribution in [0.4, 0.5) is 5.69 Å². The van der Waals surface area contributed by atoms with E-state index in [1.807, 2.05) is 6.92 Å². The van der Waals surface area contributed by atoms with Gasteiger partial charge in [-0.3, -0.25) is 24.6 Å². The van der Waals surface area contributed by atoms with Gasteiger partial charge in [0.2, 0.25) is 5.91 Å². The first kappa shape index (κ1) is 16.9. The molecule has 0 aromatic heterocycles. The van der Waals surface area contributed by atoms with Crippen molar-refractivity contribution < 1.29 is 19.6 Å². The molecule has 1 amide bonds. The summed E-state index contributed by atoms with van der Waals surface area (Å²) in [6, 6.07) is 3.37. The highest BCUT2D eigenvalue weighted by Gasteiger charge is 2.35. The van der Waals surface area contributed by atoms with Crippen molar-refractivity contribution in [2.75, 3.05) is 6.54 Å². The fourth-order valence-electron chi connectivity index (χ4n) is 3.09. The Kier molecular flexibility index (Phi) is 4.95. The van der Waals surface area contributed by atoms with E-state index in [4.69, 9.17) is 5.73 Å². The minimum Gasteiger partial charge on any atom is -0.480 e. The van der Waals surface area contributed by atoms with Gasteiger partial charge < -0.3 is 10.8 Å². The zero-order valence-electron chi connectivity index (χ0n) is 12.8. The van der Waals surface area contributed by atoms with E-state index in [-0.39, 0.29) is 23.7 Å². The molecule has 2 unspecified atom stereocenters. The second-order valence-corrected chi connectivity index (χ2v) is 5.84. The molecule has 1 aliphatic heterocycles. The number of carboxylic acid groups (broad SMARTS) is 1. The average Bonchev–Trinajstić information content (AvgIpc) is 2.46. The van der Waals surface area contributed by atoms with E-state index in [1.165, 1.54) is 12.1 Å². The summed E-state index contributed by atoms with van der Waals surface area (Å²) in [4.78, 5) is 35.1. The molecule has 23 heavy (non-hydrogen) atoms. The molecule has 0 radical (unpaired) electrons. The van der Waals surface area contributed by atoms with Crippen molar-refractivity contribution in [3.8, 4) is 0 Å². The Bertz CT molecular complexity index is 646. The summed E-state index contributed by atoms with van der Waals surface area (Å²) in [5, 5.41) is 20.7. The Morgan fingerprint density at radius 3 is 2.74 bits per heavy atom. The Hall–Kier alpha value is -2.48. The quantitative estimate of drug-likeness (QED) is 0.623. The average molecular weight is 321 g/mol. The second kappa shape index (κ2) is 6.74. The Morgan fingerprint density at radius 2 is 2.17 bits per heavy atom. The van der Waals surface area contributed by atoms with Crippen molar-refractivity contribution in [2.45, 2.75) is 32.4 Å². The number of carboxylic acids is 1. The topological polar surface area (TPSA) is 127 Å². The summed E-state index contributed by atoms with van der Waals surface area (Å²) in [5.41, 5.74) is 5.36. The number of hydrogen-bond acceptors (Lipinski definition) is 5. The number of aliphatic carboxylic acids is 1. The molecule has 1 aliphatic rings. The van der Waals surface area contributed by atoms with Gasteiger partial charge in [-0.1, -0.05) is 13.0 Å². The van der Waals surface area contributed by atoms with Crippen LogP contribution < -0.4 is 5.73 Å². The van der Waals surface area contributed by atoms with Gasteiger partial charge in [0.05, 0.1) is 4.92 Å². The molecule has 0 aliphatic carbocycles. The third kappa shape index (κ3) is 3.65. The molecule has 8 heteroatoms. The van der Waals surface area contributed by atoms with E-state index < -0.39 is 22.8 Å². The van der Waals surface area contributed by atoms with Gasteiger partial charge in [-0.05, 0) is 31.4 Å². The predicted octanol–water partition coefficient (Wildman–Crippen LogP) is 1.38. The third-order valence-electron chi connectivity index (χ3n) is 4.23. The van der Waals surface area contributed by atoms with Gasteiger partial charge in [-0.25, -0.2) is 0 Å². The first-order valence-corrected chi connectivity index (χ1v) is 7.35. The number of nitro groups is 1. The molecule has 2 atom stereocenters. The van der Waals surface area contributed by atoms with E-state index in [0.717, 1.165) is 18.9 Å². The number of nitrogens with zero attached hydrogens (tertiary/aromatic N) is 2. The van der Waals surface area contributed by atoms with Crippen LogP contribution in [-0.2, 0) is 11.3 Å². The van der Waals surface area contributed by atoms with E-state index >= 15 is 0 Å². The van der Waals surface area contributed by atoms with Crippen LogP contribution in [0.5, 0.6) is 0 Å².